The molecule has 0 saturated carbocycles. The van der Waals surface area contributed by atoms with Crippen molar-refractivity contribution in [2.24, 2.45) is 0 Å². The Labute approximate surface area is 567 Å². The summed E-state index contributed by atoms with van der Waals surface area (Å²) in [6.07, 6.45) is 32.7. The highest BCUT2D eigenvalue weighted by atomic mass is 32.1. The van der Waals surface area contributed by atoms with Gasteiger partial charge in [-0.15, -0.1) is 0 Å². The van der Waals surface area contributed by atoms with Crippen LogP contribution in [-0.4, -0.2) is 170 Å². The summed E-state index contributed by atoms with van der Waals surface area (Å²) in [7, 11) is 8.08. The molecule has 5 saturated heterocycles. The Hall–Kier alpha value is -7.62. The van der Waals surface area contributed by atoms with Crippen LogP contribution in [0.25, 0.3) is 84.1 Å². The van der Waals surface area contributed by atoms with Crippen LogP contribution < -0.4 is 35.4 Å². The molecule has 12 aromatic rings. The maximum atomic E-state index is 5.16. The zero-order valence-corrected chi connectivity index (χ0v) is 58.7. The van der Waals surface area contributed by atoms with Gasteiger partial charge in [0.25, 0.3) is 0 Å². The van der Waals surface area contributed by atoms with Crippen molar-refractivity contribution in [2.75, 3.05) is 49.5 Å². The van der Waals surface area contributed by atoms with E-state index in [0.29, 0.717) is 41.4 Å². The molecule has 0 spiro atoms. The first-order valence-corrected chi connectivity index (χ1v) is 36.4. The van der Waals surface area contributed by atoms with Crippen molar-refractivity contribution in [3.05, 3.63) is 86.5 Å². The smallest absolute Gasteiger partial charge is 0.216 e. The Balaban J connectivity index is 0.000000117. The van der Waals surface area contributed by atoms with Crippen LogP contribution in [0.15, 0.2) is 80.7 Å². The molecule has 25 nitrogen and oxygen atoms in total. The number of aryl methyl sites for hydroxylation is 1. The first-order valence-electron chi connectivity index (χ1n) is 31.5. The fraction of sp³-hybridized carbons (Fsp3) is 0.460. The number of hydrogen-bond donors (Lipinski definition) is 3. The van der Waals surface area contributed by atoms with E-state index in [0.717, 1.165) is 139 Å². The third kappa shape index (κ3) is 12.6. The molecule has 3 N–H and O–H groups in total. The Bertz CT molecular complexity index is 4510. The molecule has 5 fully saturated rings. The number of piperidine rings is 3. The fourth-order valence-electron chi connectivity index (χ4n) is 14.1. The maximum Gasteiger partial charge on any atom is 0.216 e. The first-order chi connectivity index (χ1) is 45.3. The number of rotatable bonds is 13. The summed E-state index contributed by atoms with van der Waals surface area (Å²) in [5.41, 5.74) is 4.52. The molecule has 12 aromatic heterocycles. The second-order valence-electron chi connectivity index (χ2n) is 26.4. The summed E-state index contributed by atoms with van der Waals surface area (Å²) < 4.78 is 8.90. The number of aromatic nitrogens is 18. The van der Waals surface area contributed by atoms with Crippen LogP contribution in [0.2, 0.25) is 0 Å². The number of hydrogen-bond acceptors (Lipinski definition) is 29. The van der Waals surface area contributed by atoms with Crippen LogP contribution in [0.1, 0.15) is 105 Å². The number of thiazole rings is 6. The highest BCUT2D eigenvalue weighted by molar-refractivity contribution is 7.30. The largest absolute Gasteiger partial charge is 0.481 e. The molecule has 486 valence electrons. The molecule has 0 aliphatic carbocycles. The van der Waals surface area contributed by atoms with Crippen LogP contribution in [0.4, 0.5) is 15.4 Å². The molecule has 3 unspecified atom stereocenters. The van der Waals surface area contributed by atoms with Gasteiger partial charge in [0.05, 0.1) is 50.0 Å². The van der Waals surface area contributed by atoms with E-state index in [9.17, 15) is 0 Å². The van der Waals surface area contributed by atoms with Gasteiger partial charge in [0.2, 0.25) is 5.88 Å². The van der Waals surface area contributed by atoms with Crippen LogP contribution >= 0.6 is 68.0 Å². The number of fused-ring (bicyclic) bond motifs is 7. The van der Waals surface area contributed by atoms with Crippen molar-refractivity contribution >= 4 is 112 Å². The van der Waals surface area contributed by atoms with E-state index in [4.69, 9.17) is 34.6 Å². The van der Waals surface area contributed by atoms with Gasteiger partial charge in [0.15, 0.2) is 56.0 Å². The van der Waals surface area contributed by atoms with E-state index in [1.807, 2.05) is 28.5 Å². The molecule has 4 bridgehead atoms. The SMILES string of the molecule is COc1cc(-c2cnc(-c3nc4sc(N(C)C5C[C@]6(C)CC[C@](C)(C5)N6)nc4s3)cn2)ncn1.C[C@H]1CC(N(C)c2nc3sc(-c4cnc(-n5ccnc5)cn4)nc3s2)CCN1.Cc1nccn1-c1cnc(-c2nc3sc(N(C)C4C[C@]5(C)CC[C@](C)(C4)N5)nc3s2)cn1. The molecule has 17 rings (SSSR count). The lowest BCUT2D eigenvalue weighted by molar-refractivity contribution is 0.207. The maximum absolute atomic E-state index is 5.16. The minimum Gasteiger partial charge on any atom is -0.481 e. The van der Waals surface area contributed by atoms with Crippen molar-refractivity contribution in [3.8, 4) is 61.0 Å². The number of ether oxygens (including phenoxy) is 1. The number of nitrogens with zero attached hydrogens (tertiary/aromatic N) is 21. The van der Waals surface area contributed by atoms with Gasteiger partial charge in [0.1, 0.15) is 56.3 Å². The molecule has 0 amide bonds. The second kappa shape index (κ2) is 24.9. The van der Waals surface area contributed by atoms with Gasteiger partial charge < -0.3 is 35.4 Å². The monoisotopic (exact) mass is 1370 g/mol. The number of anilines is 3. The Morgan fingerprint density at radius 1 is 0.511 bits per heavy atom. The first kappa shape index (κ1) is 62.5. The van der Waals surface area contributed by atoms with E-state index in [1.54, 1.807) is 137 Å². The van der Waals surface area contributed by atoms with Gasteiger partial charge in [-0.3, -0.25) is 14.1 Å². The van der Waals surface area contributed by atoms with Gasteiger partial charge in [-0.25, -0.2) is 74.8 Å². The predicted molar refractivity (Wildman–Crippen MR) is 376 cm³/mol. The normalized spacial score (nSPS) is 24.7. The average Bonchev–Trinajstić information content (AvgIpc) is 1.59. The van der Waals surface area contributed by atoms with Gasteiger partial charge in [-0.1, -0.05) is 68.0 Å². The minimum atomic E-state index is 0.230. The summed E-state index contributed by atoms with van der Waals surface area (Å²) in [6.45, 7) is 14.7. The third-order valence-electron chi connectivity index (χ3n) is 19.0. The highest BCUT2D eigenvalue weighted by Gasteiger charge is 2.51. The highest BCUT2D eigenvalue weighted by Crippen LogP contribution is 2.47. The Kier molecular flexibility index (Phi) is 16.5. The third-order valence-corrected chi connectivity index (χ3v) is 25.4. The standard InChI is InChI=1S/C23H26N8OS2.C22H26N8S2.C18H20N8S2/c1-22-5-6-23(2,30-22)9-13(8-22)31(3)21-29-20-19(34-21)28-18(33-20)16-11-24-15(10-25-16)14-7-17(32-4)27-12-26-14;1-13-23-7-8-30(13)16-12-24-15(11-25-16)17-26-18-19(31-17)27-20(32-18)29(4)14-9-21(2)5-6-22(3,10-14)28-21;1-11-7-12(3-4-20-11)25(2)18-24-17-16(28-18)23-15(27-17)13-8-22-14(9-21-13)26-6-5-19-10-26/h7,10-13,30H,5-6,8-9H2,1-4H3;7-8,11-12,14,28H,5-6,9-10H2,1-4H3;5-6,8-12,20H,3-4,7H2,1-2H3/t13?,22-,23+;14?,21-,22+;11-,12?/m..0/s1. The Morgan fingerprint density at radius 3 is 1.40 bits per heavy atom. The van der Waals surface area contributed by atoms with Crippen LogP contribution in [0.3, 0.4) is 0 Å². The summed E-state index contributed by atoms with van der Waals surface area (Å²) in [5, 5.41) is 16.9. The second-order valence-corrected chi connectivity index (χ2v) is 32.2. The molecule has 0 aromatic carbocycles. The molecule has 5 aliphatic heterocycles. The Morgan fingerprint density at radius 2 is 0.979 bits per heavy atom. The van der Waals surface area contributed by atoms with Crippen LogP contribution in [0, 0.1) is 6.92 Å². The molecule has 5 aliphatic rings. The summed E-state index contributed by atoms with van der Waals surface area (Å²) in [4.78, 5) is 85.7. The van der Waals surface area contributed by atoms with Crippen molar-refractivity contribution in [1.29, 1.82) is 0 Å². The van der Waals surface area contributed by atoms with Crippen LogP contribution in [0.5, 0.6) is 5.88 Å². The van der Waals surface area contributed by atoms with E-state index >= 15 is 0 Å². The minimum absolute atomic E-state index is 0.230. The van der Waals surface area contributed by atoms with Crippen molar-refractivity contribution in [1.82, 2.24) is 105 Å². The van der Waals surface area contributed by atoms with Gasteiger partial charge in [0, 0.05) is 98.3 Å². The van der Waals surface area contributed by atoms with Crippen molar-refractivity contribution < 1.29 is 4.74 Å². The lowest BCUT2D eigenvalue weighted by Gasteiger charge is -2.45. The van der Waals surface area contributed by atoms with E-state index in [2.05, 4.69) is 136 Å². The van der Waals surface area contributed by atoms with Crippen molar-refractivity contribution in [2.45, 2.75) is 152 Å². The zero-order valence-electron chi connectivity index (χ0n) is 53.8. The zero-order chi connectivity index (χ0) is 64.7. The summed E-state index contributed by atoms with van der Waals surface area (Å²) in [5.74, 6) is 2.86. The molecular weight excluding hydrogens is 1300 g/mol. The summed E-state index contributed by atoms with van der Waals surface area (Å²) in [6, 6.07) is 3.80. The lowest BCUT2D eigenvalue weighted by atomic mass is 9.84. The van der Waals surface area contributed by atoms with Gasteiger partial charge in [-0.2, -0.15) is 0 Å². The van der Waals surface area contributed by atoms with Gasteiger partial charge in [-0.05, 0) is 112 Å². The van der Waals surface area contributed by atoms with E-state index < -0.39 is 0 Å². The predicted octanol–water partition coefficient (Wildman–Crippen LogP) is 11.4. The number of methoxy groups -OCH3 is 1. The van der Waals surface area contributed by atoms with E-state index in [1.165, 1.54) is 32.0 Å². The van der Waals surface area contributed by atoms with Crippen LogP contribution in [-0.2, 0) is 0 Å². The molecule has 31 heteroatoms. The summed E-state index contributed by atoms with van der Waals surface area (Å²) >= 11 is 9.68. The number of nitrogens with one attached hydrogen (secondary N) is 3. The number of imidazole rings is 2. The lowest BCUT2D eigenvalue weighted by Crippen LogP contribution is -2.58. The quantitative estimate of drug-likeness (QED) is 0.0968. The van der Waals surface area contributed by atoms with Crippen molar-refractivity contribution in [3.63, 3.8) is 0 Å². The molecule has 17 heterocycles. The van der Waals surface area contributed by atoms with E-state index in [-0.39, 0.29) is 22.2 Å². The molecule has 8 atom stereocenters. The topological polar surface area (TPSA) is 271 Å². The molecule has 94 heavy (non-hydrogen) atoms. The fourth-order valence-corrected chi connectivity index (χ4v) is 20.2. The average molecular weight is 1370 g/mol. The molecule has 0 radical (unpaired) electrons. The molecular formula is C63H72N24OS6. The van der Waals surface area contributed by atoms with Gasteiger partial charge >= 0.3 is 0 Å².